The zero-order valence-corrected chi connectivity index (χ0v) is 12.1. The third-order valence-electron chi connectivity index (χ3n) is 2.71. The summed E-state index contributed by atoms with van der Waals surface area (Å²) >= 11 is 0. The highest BCUT2D eigenvalue weighted by atomic mass is 16.4. The average molecular weight is 252 g/mol. The number of aromatic nitrogens is 1. The monoisotopic (exact) mass is 252 g/mol. The van der Waals surface area contributed by atoms with Crippen LogP contribution in [-0.4, -0.2) is 17.4 Å². The summed E-state index contributed by atoms with van der Waals surface area (Å²) in [7, 11) is 0. The van der Waals surface area contributed by atoms with Crippen LogP contribution in [0.25, 0.3) is 0 Å². The fraction of sp³-hybridized carbons (Fsp3) is 0.714. The van der Waals surface area contributed by atoms with Crippen LogP contribution in [0.4, 0.5) is 0 Å². The third kappa shape index (κ3) is 4.17. The van der Waals surface area contributed by atoms with Crippen LogP contribution in [0.15, 0.2) is 4.42 Å². The number of rotatable bonds is 5. The molecule has 0 aliphatic heterocycles. The number of unbranched alkanes of at least 4 members (excludes halogenated alkanes) is 1. The number of aryl methyl sites for hydroxylation is 1. The van der Waals surface area contributed by atoms with Crippen molar-refractivity contribution in [2.45, 2.75) is 59.3 Å². The first-order valence-corrected chi connectivity index (χ1v) is 6.58. The van der Waals surface area contributed by atoms with E-state index in [4.69, 9.17) is 4.42 Å². The molecule has 1 amide bonds. The molecule has 0 aliphatic carbocycles. The Morgan fingerprint density at radius 2 is 2.06 bits per heavy atom. The van der Waals surface area contributed by atoms with Crippen LogP contribution in [0.5, 0.6) is 0 Å². The number of hydrogen-bond donors (Lipinski definition) is 1. The summed E-state index contributed by atoms with van der Waals surface area (Å²) in [4.78, 5) is 16.1. The van der Waals surface area contributed by atoms with E-state index in [0.717, 1.165) is 25.1 Å². The van der Waals surface area contributed by atoms with Crippen LogP contribution in [0.1, 0.15) is 57.9 Å². The van der Waals surface area contributed by atoms with Crippen LogP contribution >= 0.6 is 0 Å². The van der Waals surface area contributed by atoms with Crippen molar-refractivity contribution in [2.24, 2.45) is 0 Å². The van der Waals surface area contributed by atoms with E-state index in [1.807, 2.05) is 27.7 Å². The van der Waals surface area contributed by atoms with Crippen molar-refractivity contribution in [2.75, 3.05) is 6.54 Å². The Hall–Kier alpha value is -1.32. The summed E-state index contributed by atoms with van der Waals surface area (Å²) in [6.45, 7) is 10.8. The predicted octanol–water partition coefficient (Wildman–Crippen LogP) is 2.74. The Labute approximate surface area is 109 Å². The first kappa shape index (κ1) is 14.7. The molecule has 0 bridgehead atoms. The zero-order chi connectivity index (χ0) is 13.8. The molecule has 1 heterocycles. The number of oxazole rings is 1. The van der Waals surface area contributed by atoms with E-state index in [1.165, 1.54) is 0 Å². The number of hydrogen-bond acceptors (Lipinski definition) is 3. The lowest BCUT2D eigenvalue weighted by Gasteiger charge is -2.12. The highest BCUT2D eigenvalue weighted by Gasteiger charge is 2.23. The lowest BCUT2D eigenvalue weighted by atomic mass is 9.97. The van der Waals surface area contributed by atoms with Crippen molar-refractivity contribution >= 4 is 5.91 Å². The smallest absolute Gasteiger partial charge is 0.227 e. The van der Waals surface area contributed by atoms with Gasteiger partial charge in [-0.1, -0.05) is 34.1 Å². The molecule has 1 aromatic heterocycles. The molecule has 1 aromatic rings. The van der Waals surface area contributed by atoms with Gasteiger partial charge in [-0.25, -0.2) is 4.98 Å². The molecule has 102 valence electrons. The number of carbonyl (C=O) groups excluding carboxylic acids is 1. The summed E-state index contributed by atoms with van der Waals surface area (Å²) in [5.74, 6) is 1.37. The number of nitrogens with zero attached hydrogens (tertiary/aromatic N) is 1. The molecule has 0 saturated carbocycles. The van der Waals surface area contributed by atoms with Gasteiger partial charge in [-0.15, -0.1) is 0 Å². The fourth-order valence-electron chi connectivity index (χ4n) is 1.53. The number of amides is 1. The van der Waals surface area contributed by atoms with Gasteiger partial charge in [0.25, 0.3) is 0 Å². The lowest BCUT2D eigenvalue weighted by Crippen LogP contribution is -2.26. The van der Waals surface area contributed by atoms with E-state index >= 15 is 0 Å². The molecule has 4 heteroatoms. The van der Waals surface area contributed by atoms with Crippen LogP contribution in [0.3, 0.4) is 0 Å². The van der Waals surface area contributed by atoms with Crippen LogP contribution < -0.4 is 5.32 Å². The van der Waals surface area contributed by atoms with Crippen molar-refractivity contribution in [3.05, 3.63) is 17.3 Å². The van der Waals surface area contributed by atoms with Gasteiger partial charge >= 0.3 is 0 Å². The molecule has 0 aliphatic rings. The van der Waals surface area contributed by atoms with Crippen LogP contribution in [0, 0.1) is 6.92 Å². The summed E-state index contributed by atoms with van der Waals surface area (Å²) < 4.78 is 5.68. The van der Waals surface area contributed by atoms with E-state index in [2.05, 4.69) is 17.2 Å². The SMILES string of the molecule is CCCCNC(=O)Cc1oc(C(C)(C)C)nc1C. The molecule has 0 unspecified atom stereocenters. The zero-order valence-electron chi connectivity index (χ0n) is 12.1. The van der Waals surface area contributed by atoms with Crippen molar-refractivity contribution in [1.29, 1.82) is 0 Å². The maximum Gasteiger partial charge on any atom is 0.227 e. The quantitative estimate of drug-likeness (QED) is 0.820. The fourth-order valence-corrected chi connectivity index (χ4v) is 1.53. The standard InChI is InChI=1S/C14H24N2O2/c1-6-7-8-15-12(17)9-11-10(2)16-13(18-11)14(3,4)5/h6-9H2,1-5H3,(H,15,17). The van der Waals surface area contributed by atoms with Crippen LogP contribution in [-0.2, 0) is 16.6 Å². The normalized spacial score (nSPS) is 11.6. The summed E-state index contributed by atoms with van der Waals surface area (Å²) in [5.41, 5.74) is 0.687. The van der Waals surface area contributed by atoms with Gasteiger partial charge in [0.15, 0.2) is 5.89 Å². The van der Waals surface area contributed by atoms with Gasteiger partial charge in [-0.05, 0) is 13.3 Å². The second kappa shape index (κ2) is 6.03. The number of nitrogens with one attached hydrogen (secondary N) is 1. The number of carbonyl (C=O) groups is 1. The Balaban J connectivity index is 2.62. The highest BCUT2D eigenvalue weighted by Crippen LogP contribution is 2.23. The van der Waals surface area contributed by atoms with E-state index < -0.39 is 0 Å². The molecule has 1 N–H and O–H groups in total. The van der Waals surface area contributed by atoms with Crippen molar-refractivity contribution in [3.63, 3.8) is 0 Å². The Kier molecular flexibility index (Phi) is 4.93. The van der Waals surface area contributed by atoms with Gasteiger partial charge < -0.3 is 9.73 Å². The van der Waals surface area contributed by atoms with Crippen LogP contribution in [0.2, 0.25) is 0 Å². The second-order valence-electron chi connectivity index (χ2n) is 5.66. The molecule has 0 aromatic carbocycles. The highest BCUT2D eigenvalue weighted by molar-refractivity contribution is 5.78. The Bertz CT molecular complexity index is 402. The second-order valence-corrected chi connectivity index (χ2v) is 5.66. The largest absolute Gasteiger partial charge is 0.444 e. The third-order valence-corrected chi connectivity index (χ3v) is 2.71. The molecule has 4 nitrogen and oxygen atoms in total. The molecule has 0 spiro atoms. The molecule has 0 saturated heterocycles. The average Bonchev–Trinajstić information content (AvgIpc) is 2.60. The molecule has 0 radical (unpaired) electrons. The molecular formula is C14H24N2O2. The van der Waals surface area contributed by atoms with E-state index in [1.54, 1.807) is 0 Å². The Morgan fingerprint density at radius 3 is 2.56 bits per heavy atom. The minimum atomic E-state index is -0.123. The molecule has 0 fully saturated rings. The topological polar surface area (TPSA) is 55.1 Å². The predicted molar refractivity (Wildman–Crippen MR) is 71.6 cm³/mol. The minimum absolute atomic E-state index is 0.00293. The van der Waals surface area contributed by atoms with Gasteiger partial charge in [-0.2, -0.15) is 0 Å². The first-order chi connectivity index (χ1) is 8.34. The van der Waals surface area contributed by atoms with Crippen molar-refractivity contribution < 1.29 is 9.21 Å². The lowest BCUT2D eigenvalue weighted by molar-refractivity contribution is -0.120. The Morgan fingerprint density at radius 1 is 1.39 bits per heavy atom. The maximum absolute atomic E-state index is 11.7. The molecule has 0 atom stereocenters. The first-order valence-electron chi connectivity index (χ1n) is 6.58. The molecule has 1 rings (SSSR count). The van der Waals surface area contributed by atoms with E-state index in [9.17, 15) is 4.79 Å². The molecule has 18 heavy (non-hydrogen) atoms. The van der Waals surface area contributed by atoms with Gasteiger partial charge in [0.1, 0.15) is 5.76 Å². The summed E-state index contributed by atoms with van der Waals surface area (Å²) in [5, 5.41) is 2.88. The van der Waals surface area contributed by atoms with E-state index in [0.29, 0.717) is 11.7 Å². The summed E-state index contributed by atoms with van der Waals surface area (Å²) in [6.07, 6.45) is 2.36. The van der Waals surface area contributed by atoms with Gasteiger partial charge in [0.2, 0.25) is 5.91 Å². The van der Waals surface area contributed by atoms with Gasteiger partial charge in [-0.3, -0.25) is 4.79 Å². The van der Waals surface area contributed by atoms with Gasteiger partial charge in [0.05, 0.1) is 12.1 Å². The van der Waals surface area contributed by atoms with Gasteiger partial charge in [0, 0.05) is 12.0 Å². The van der Waals surface area contributed by atoms with Crippen molar-refractivity contribution in [3.8, 4) is 0 Å². The minimum Gasteiger partial charge on any atom is -0.444 e. The summed E-state index contributed by atoms with van der Waals surface area (Å²) in [6, 6.07) is 0. The molecular weight excluding hydrogens is 228 g/mol. The maximum atomic E-state index is 11.7. The van der Waals surface area contributed by atoms with E-state index in [-0.39, 0.29) is 17.7 Å². The van der Waals surface area contributed by atoms with Crippen molar-refractivity contribution in [1.82, 2.24) is 10.3 Å².